The Hall–Kier alpha value is -2.41. The lowest BCUT2D eigenvalue weighted by Crippen LogP contribution is -2.31. The van der Waals surface area contributed by atoms with Gasteiger partial charge in [0.15, 0.2) is 0 Å². The minimum atomic E-state index is -0.292. The number of nitrogens with one attached hydrogen (secondary N) is 1. The second-order valence-electron chi connectivity index (χ2n) is 6.19. The molecule has 0 aromatic heterocycles. The molecule has 2 rings (SSSR count). The molecule has 6 nitrogen and oxygen atoms in total. The van der Waals surface area contributed by atoms with Gasteiger partial charge in [-0.05, 0) is 36.8 Å². The van der Waals surface area contributed by atoms with Crippen LogP contribution in [0.1, 0.15) is 18.9 Å². The van der Waals surface area contributed by atoms with E-state index >= 15 is 0 Å². The second-order valence-corrected chi connectivity index (χ2v) is 6.19. The van der Waals surface area contributed by atoms with Crippen LogP contribution in [0.15, 0.2) is 54.6 Å². The van der Waals surface area contributed by atoms with E-state index in [1.165, 1.54) is 7.11 Å². The number of amides is 2. The number of hydrogen-bond donors (Lipinski definition) is 2. The van der Waals surface area contributed by atoms with E-state index in [1.54, 1.807) is 17.0 Å². The van der Waals surface area contributed by atoms with Crippen molar-refractivity contribution in [2.24, 2.45) is 5.73 Å². The molecule has 0 aliphatic rings. The van der Waals surface area contributed by atoms with Gasteiger partial charge < -0.3 is 20.7 Å². The minimum Gasteiger partial charge on any atom is -0.380 e. The zero-order valence-electron chi connectivity index (χ0n) is 16.3. The first-order chi connectivity index (χ1) is 13.1. The number of rotatable bonds is 9. The molecule has 0 fully saturated rings. The van der Waals surface area contributed by atoms with Crippen molar-refractivity contribution < 1.29 is 14.3 Å². The Morgan fingerprint density at radius 3 is 2.29 bits per heavy atom. The third-order valence-corrected chi connectivity index (χ3v) is 4.29. The van der Waals surface area contributed by atoms with Gasteiger partial charge in [-0.15, -0.1) is 12.4 Å². The van der Waals surface area contributed by atoms with Crippen molar-refractivity contribution in [3.8, 4) is 0 Å². The van der Waals surface area contributed by atoms with E-state index in [-0.39, 0.29) is 36.7 Å². The molecule has 1 unspecified atom stereocenters. The Morgan fingerprint density at radius 1 is 1.11 bits per heavy atom. The van der Waals surface area contributed by atoms with Gasteiger partial charge in [-0.25, -0.2) is 0 Å². The van der Waals surface area contributed by atoms with Crippen molar-refractivity contribution in [1.29, 1.82) is 0 Å². The van der Waals surface area contributed by atoms with Crippen LogP contribution in [0.3, 0.4) is 0 Å². The van der Waals surface area contributed by atoms with Crippen molar-refractivity contribution in [3.05, 3.63) is 60.2 Å². The zero-order chi connectivity index (χ0) is 19.6. The normalized spacial score (nSPS) is 11.2. The molecule has 0 heterocycles. The maximum atomic E-state index is 12.6. The summed E-state index contributed by atoms with van der Waals surface area (Å²) in [7, 11) is 1.53. The van der Waals surface area contributed by atoms with Crippen molar-refractivity contribution in [3.63, 3.8) is 0 Å². The van der Waals surface area contributed by atoms with Crippen LogP contribution in [0.25, 0.3) is 0 Å². The standard InChI is InChI=1S/C21H27N3O3.ClH/c1-3-24(18-7-5-4-6-8-18)21(26)13-16-9-11-17(12-10-16)23-20(25)14-19(15-22)27-2;/h4-12,19H,3,13-15,22H2,1-2H3,(H,23,25);1H. The molecule has 2 aromatic rings. The molecule has 2 aromatic carbocycles. The maximum absolute atomic E-state index is 12.6. The highest BCUT2D eigenvalue weighted by Gasteiger charge is 2.15. The van der Waals surface area contributed by atoms with E-state index in [0.717, 1.165) is 11.3 Å². The summed E-state index contributed by atoms with van der Waals surface area (Å²) < 4.78 is 5.11. The van der Waals surface area contributed by atoms with Crippen LogP contribution >= 0.6 is 12.4 Å². The fourth-order valence-corrected chi connectivity index (χ4v) is 2.77. The van der Waals surface area contributed by atoms with Crippen molar-refractivity contribution >= 4 is 35.6 Å². The Labute approximate surface area is 172 Å². The molecule has 3 N–H and O–H groups in total. The molecule has 2 amide bonds. The van der Waals surface area contributed by atoms with Gasteiger partial charge in [0.1, 0.15) is 0 Å². The lowest BCUT2D eigenvalue weighted by Gasteiger charge is -2.21. The average molecular weight is 406 g/mol. The molecular weight excluding hydrogens is 378 g/mol. The highest BCUT2D eigenvalue weighted by molar-refractivity contribution is 5.95. The summed E-state index contributed by atoms with van der Waals surface area (Å²) in [6, 6.07) is 16.9. The molecule has 0 saturated carbocycles. The van der Waals surface area contributed by atoms with Crippen molar-refractivity contribution in [2.75, 3.05) is 30.4 Å². The Morgan fingerprint density at radius 2 is 1.75 bits per heavy atom. The Kier molecular flexibility index (Phi) is 10.2. The molecule has 0 spiro atoms. The SMILES string of the molecule is CCN(C(=O)Cc1ccc(NC(=O)CC(CN)OC)cc1)c1ccccc1.Cl. The first-order valence-corrected chi connectivity index (χ1v) is 9.04. The highest BCUT2D eigenvalue weighted by atomic mass is 35.5. The predicted octanol–water partition coefficient (Wildman–Crippen LogP) is 3.01. The zero-order valence-corrected chi connectivity index (χ0v) is 17.1. The molecule has 0 radical (unpaired) electrons. The molecule has 0 saturated heterocycles. The summed E-state index contributed by atoms with van der Waals surface area (Å²) in [5, 5.41) is 2.81. The number of benzene rings is 2. The van der Waals surface area contributed by atoms with Crippen LogP contribution in [-0.4, -0.2) is 38.1 Å². The second kappa shape index (κ2) is 12.1. The molecule has 28 heavy (non-hydrogen) atoms. The Balaban J connectivity index is 0.00000392. The van der Waals surface area contributed by atoms with E-state index in [9.17, 15) is 9.59 Å². The van der Waals surface area contributed by atoms with Gasteiger partial charge in [0, 0.05) is 31.6 Å². The van der Waals surface area contributed by atoms with Crippen LogP contribution in [-0.2, 0) is 20.7 Å². The first-order valence-electron chi connectivity index (χ1n) is 9.04. The van der Waals surface area contributed by atoms with Gasteiger partial charge >= 0.3 is 0 Å². The van der Waals surface area contributed by atoms with Crippen LogP contribution in [0.5, 0.6) is 0 Å². The van der Waals surface area contributed by atoms with Gasteiger partial charge in [0.05, 0.1) is 18.9 Å². The molecule has 152 valence electrons. The maximum Gasteiger partial charge on any atom is 0.231 e. The largest absolute Gasteiger partial charge is 0.380 e. The summed E-state index contributed by atoms with van der Waals surface area (Å²) in [4.78, 5) is 26.4. The van der Waals surface area contributed by atoms with Gasteiger partial charge in [-0.1, -0.05) is 30.3 Å². The lowest BCUT2D eigenvalue weighted by atomic mass is 10.1. The van der Waals surface area contributed by atoms with Gasteiger partial charge in [0.25, 0.3) is 0 Å². The van der Waals surface area contributed by atoms with Gasteiger partial charge in [-0.3, -0.25) is 9.59 Å². The number of hydrogen-bond acceptors (Lipinski definition) is 4. The number of nitrogens with zero attached hydrogens (tertiary/aromatic N) is 1. The van der Waals surface area contributed by atoms with Gasteiger partial charge in [0.2, 0.25) is 11.8 Å². The van der Waals surface area contributed by atoms with E-state index in [4.69, 9.17) is 10.5 Å². The lowest BCUT2D eigenvalue weighted by molar-refractivity contribution is -0.119. The molecule has 0 aliphatic carbocycles. The third kappa shape index (κ3) is 6.96. The fraction of sp³-hybridized carbons (Fsp3) is 0.333. The van der Waals surface area contributed by atoms with E-state index in [2.05, 4.69) is 5.32 Å². The van der Waals surface area contributed by atoms with Crippen LogP contribution in [0.2, 0.25) is 0 Å². The number of ether oxygens (including phenoxy) is 1. The van der Waals surface area contributed by atoms with E-state index in [1.807, 2.05) is 49.4 Å². The third-order valence-electron chi connectivity index (χ3n) is 4.29. The summed E-state index contributed by atoms with van der Waals surface area (Å²) in [6.45, 7) is 2.86. The summed E-state index contributed by atoms with van der Waals surface area (Å²) >= 11 is 0. The van der Waals surface area contributed by atoms with Crippen molar-refractivity contribution in [1.82, 2.24) is 0 Å². The molecule has 7 heteroatoms. The smallest absolute Gasteiger partial charge is 0.231 e. The van der Waals surface area contributed by atoms with Crippen LogP contribution in [0, 0.1) is 0 Å². The highest BCUT2D eigenvalue weighted by Crippen LogP contribution is 2.16. The number of likely N-dealkylation sites (N-methyl/N-ethyl adjacent to an activating group) is 1. The number of carbonyl (C=O) groups is 2. The number of methoxy groups -OCH3 is 1. The monoisotopic (exact) mass is 405 g/mol. The number of para-hydroxylation sites is 1. The number of halogens is 1. The topological polar surface area (TPSA) is 84.7 Å². The number of nitrogens with two attached hydrogens (primary N) is 1. The molecule has 1 atom stereocenters. The van der Waals surface area contributed by atoms with E-state index in [0.29, 0.717) is 25.2 Å². The summed E-state index contributed by atoms with van der Waals surface area (Å²) in [6.07, 6.45) is 0.214. The predicted molar refractivity (Wildman–Crippen MR) is 115 cm³/mol. The minimum absolute atomic E-state index is 0. The average Bonchev–Trinajstić information content (AvgIpc) is 2.69. The summed E-state index contributed by atoms with van der Waals surface area (Å²) in [5.41, 5.74) is 7.99. The van der Waals surface area contributed by atoms with Crippen LogP contribution in [0.4, 0.5) is 11.4 Å². The summed E-state index contributed by atoms with van der Waals surface area (Å²) in [5.74, 6) is -0.122. The number of carbonyl (C=O) groups excluding carboxylic acids is 2. The van der Waals surface area contributed by atoms with Crippen molar-refractivity contribution in [2.45, 2.75) is 25.9 Å². The molecule has 0 aliphatic heterocycles. The first kappa shape index (κ1) is 23.6. The Bertz CT molecular complexity index is 734. The van der Waals surface area contributed by atoms with Crippen LogP contribution < -0.4 is 16.0 Å². The number of anilines is 2. The van der Waals surface area contributed by atoms with E-state index < -0.39 is 0 Å². The molecular formula is C21H28ClN3O3. The molecule has 0 bridgehead atoms. The quantitative estimate of drug-likeness (QED) is 0.671. The fourth-order valence-electron chi connectivity index (χ4n) is 2.77. The van der Waals surface area contributed by atoms with Gasteiger partial charge in [-0.2, -0.15) is 0 Å².